The van der Waals surface area contributed by atoms with Gasteiger partial charge >= 0.3 is 0 Å². The molecule has 0 radical (unpaired) electrons. The number of nitrogens with one attached hydrogen (secondary N) is 2. The lowest BCUT2D eigenvalue weighted by Gasteiger charge is -2.07. The zero-order chi connectivity index (χ0) is 18.4. The fourth-order valence-corrected chi connectivity index (χ4v) is 2.49. The monoisotopic (exact) mass is 350 g/mol. The lowest BCUT2D eigenvalue weighted by Crippen LogP contribution is -2.15. The van der Waals surface area contributed by atoms with Crippen LogP contribution in [-0.4, -0.2) is 22.6 Å². The Morgan fingerprint density at radius 2 is 1.88 bits per heavy atom. The number of amides is 1. The maximum absolute atomic E-state index is 13.6. The van der Waals surface area contributed by atoms with E-state index in [-0.39, 0.29) is 17.4 Å². The Hall–Kier alpha value is -3.28. The highest BCUT2D eigenvalue weighted by atomic mass is 19.1. The molecule has 0 atom stereocenters. The van der Waals surface area contributed by atoms with Gasteiger partial charge in [-0.2, -0.15) is 0 Å². The van der Waals surface area contributed by atoms with Gasteiger partial charge in [-0.15, -0.1) is 10.2 Å². The van der Waals surface area contributed by atoms with E-state index in [1.54, 1.807) is 30.3 Å². The number of hydrogen-bond acceptors (Lipinski definition) is 4. The summed E-state index contributed by atoms with van der Waals surface area (Å²) in [4.78, 5) is 12.2. The molecular formula is C20H19FN4O. The summed E-state index contributed by atoms with van der Waals surface area (Å²) in [6, 6.07) is 17.5. The first-order chi connectivity index (χ1) is 12.6. The zero-order valence-electron chi connectivity index (χ0n) is 14.4. The number of aromatic nitrogens is 2. The second kappa shape index (κ2) is 8.20. The summed E-state index contributed by atoms with van der Waals surface area (Å²) >= 11 is 0. The van der Waals surface area contributed by atoms with Crippen LogP contribution in [0.1, 0.15) is 21.6 Å². The summed E-state index contributed by atoms with van der Waals surface area (Å²) in [7, 11) is 0. The van der Waals surface area contributed by atoms with E-state index in [1.165, 1.54) is 6.07 Å². The third kappa shape index (κ3) is 4.63. The van der Waals surface area contributed by atoms with Crippen molar-refractivity contribution in [2.45, 2.75) is 13.3 Å². The summed E-state index contributed by atoms with van der Waals surface area (Å²) in [5.41, 5.74) is 2.64. The van der Waals surface area contributed by atoms with Crippen LogP contribution in [0.3, 0.4) is 0 Å². The quantitative estimate of drug-likeness (QED) is 0.709. The highest BCUT2D eigenvalue weighted by Crippen LogP contribution is 2.12. The van der Waals surface area contributed by atoms with Crippen LogP contribution >= 0.6 is 0 Å². The molecule has 1 heterocycles. The number of hydrogen-bond donors (Lipinski definition) is 2. The number of benzene rings is 2. The largest absolute Gasteiger partial charge is 0.368 e. The normalized spacial score (nSPS) is 10.4. The Bertz CT molecular complexity index is 896. The van der Waals surface area contributed by atoms with Gasteiger partial charge in [-0.25, -0.2) is 4.39 Å². The van der Waals surface area contributed by atoms with E-state index >= 15 is 0 Å². The maximum Gasteiger partial charge on any atom is 0.276 e. The van der Waals surface area contributed by atoms with Crippen LogP contribution in [0.15, 0.2) is 60.7 Å². The Balaban J connectivity index is 1.54. The van der Waals surface area contributed by atoms with Gasteiger partial charge in [-0.3, -0.25) is 4.79 Å². The average molecular weight is 350 g/mol. The van der Waals surface area contributed by atoms with Crippen LogP contribution in [0.4, 0.5) is 15.9 Å². The number of halogens is 1. The number of nitrogens with zero attached hydrogens (tertiary/aromatic N) is 2. The van der Waals surface area contributed by atoms with E-state index in [0.717, 1.165) is 5.56 Å². The van der Waals surface area contributed by atoms with Crippen LogP contribution < -0.4 is 10.6 Å². The van der Waals surface area contributed by atoms with Crippen molar-refractivity contribution in [3.05, 3.63) is 83.3 Å². The summed E-state index contributed by atoms with van der Waals surface area (Å²) in [6.07, 6.45) is 0.532. The SMILES string of the molecule is Cc1cccc(NC(=O)c2ccc(NCCc3ccccc3F)nn2)c1. The predicted octanol–water partition coefficient (Wildman–Crippen LogP) is 3.83. The van der Waals surface area contributed by atoms with E-state index in [1.807, 2.05) is 31.2 Å². The third-order valence-electron chi connectivity index (χ3n) is 3.83. The molecule has 26 heavy (non-hydrogen) atoms. The first-order valence-corrected chi connectivity index (χ1v) is 8.31. The zero-order valence-corrected chi connectivity index (χ0v) is 14.4. The summed E-state index contributed by atoms with van der Waals surface area (Å²) < 4.78 is 13.6. The molecule has 0 saturated carbocycles. The molecule has 2 aromatic carbocycles. The summed E-state index contributed by atoms with van der Waals surface area (Å²) in [6.45, 7) is 2.47. The van der Waals surface area contributed by atoms with E-state index in [2.05, 4.69) is 20.8 Å². The van der Waals surface area contributed by atoms with Gasteiger partial charge in [0.2, 0.25) is 0 Å². The molecule has 3 rings (SSSR count). The first kappa shape index (κ1) is 17.5. The number of anilines is 2. The topological polar surface area (TPSA) is 66.9 Å². The minimum Gasteiger partial charge on any atom is -0.368 e. The lowest BCUT2D eigenvalue weighted by molar-refractivity contribution is 0.102. The van der Waals surface area contributed by atoms with Crippen LogP contribution in [-0.2, 0) is 6.42 Å². The molecule has 132 valence electrons. The van der Waals surface area contributed by atoms with Crippen LogP contribution in [0, 0.1) is 12.7 Å². The van der Waals surface area contributed by atoms with E-state index in [4.69, 9.17) is 0 Å². The number of rotatable bonds is 6. The number of aryl methyl sites for hydroxylation is 1. The molecule has 1 amide bonds. The van der Waals surface area contributed by atoms with Crippen molar-refractivity contribution in [1.82, 2.24) is 10.2 Å². The Labute approximate surface area is 151 Å². The van der Waals surface area contributed by atoms with E-state index in [9.17, 15) is 9.18 Å². The number of carbonyl (C=O) groups excluding carboxylic acids is 1. The lowest BCUT2D eigenvalue weighted by atomic mass is 10.1. The summed E-state index contributed by atoms with van der Waals surface area (Å²) in [5.74, 6) is -0.00185. The van der Waals surface area contributed by atoms with E-state index < -0.39 is 0 Å². The van der Waals surface area contributed by atoms with Crippen molar-refractivity contribution in [2.75, 3.05) is 17.2 Å². The molecule has 0 aliphatic heterocycles. The molecule has 0 bridgehead atoms. The summed E-state index contributed by atoms with van der Waals surface area (Å²) in [5, 5.41) is 13.8. The molecule has 3 aromatic rings. The molecule has 6 heteroatoms. The third-order valence-corrected chi connectivity index (χ3v) is 3.83. The van der Waals surface area contributed by atoms with Crippen molar-refractivity contribution in [1.29, 1.82) is 0 Å². The van der Waals surface area contributed by atoms with Crippen molar-refractivity contribution in [2.24, 2.45) is 0 Å². The fourth-order valence-electron chi connectivity index (χ4n) is 2.49. The second-order valence-corrected chi connectivity index (χ2v) is 5.90. The maximum atomic E-state index is 13.6. The Morgan fingerprint density at radius 3 is 2.62 bits per heavy atom. The highest BCUT2D eigenvalue weighted by molar-refractivity contribution is 6.02. The Kier molecular flexibility index (Phi) is 5.53. The van der Waals surface area contributed by atoms with Gasteiger partial charge in [-0.1, -0.05) is 30.3 Å². The van der Waals surface area contributed by atoms with Gasteiger partial charge in [0.1, 0.15) is 11.6 Å². The Morgan fingerprint density at radius 1 is 1.04 bits per heavy atom. The number of carbonyl (C=O) groups is 1. The minimum atomic E-state index is -0.319. The standard InChI is InChI=1S/C20H19FN4O/c1-14-5-4-7-16(13-14)23-20(26)18-9-10-19(25-24-18)22-12-11-15-6-2-3-8-17(15)21/h2-10,13H,11-12H2,1H3,(H,22,25)(H,23,26). The molecule has 0 saturated heterocycles. The van der Waals surface area contributed by atoms with Gasteiger partial charge in [0.05, 0.1) is 0 Å². The molecule has 5 nitrogen and oxygen atoms in total. The van der Waals surface area contributed by atoms with Crippen molar-refractivity contribution in [3.63, 3.8) is 0 Å². The van der Waals surface area contributed by atoms with Crippen molar-refractivity contribution >= 4 is 17.4 Å². The second-order valence-electron chi connectivity index (χ2n) is 5.90. The van der Waals surface area contributed by atoms with Crippen molar-refractivity contribution < 1.29 is 9.18 Å². The molecule has 0 aliphatic carbocycles. The average Bonchev–Trinajstić information content (AvgIpc) is 2.64. The van der Waals surface area contributed by atoms with Gasteiger partial charge in [0.25, 0.3) is 5.91 Å². The van der Waals surface area contributed by atoms with Gasteiger partial charge < -0.3 is 10.6 Å². The van der Waals surface area contributed by atoms with Crippen molar-refractivity contribution in [3.8, 4) is 0 Å². The minimum absolute atomic E-state index is 0.219. The first-order valence-electron chi connectivity index (χ1n) is 8.31. The molecular weight excluding hydrogens is 331 g/mol. The highest BCUT2D eigenvalue weighted by Gasteiger charge is 2.09. The molecule has 0 spiro atoms. The van der Waals surface area contributed by atoms with Crippen LogP contribution in [0.25, 0.3) is 0 Å². The van der Waals surface area contributed by atoms with Crippen LogP contribution in [0.2, 0.25) is 0 Å². The van der Waals surface area contributed by atoms with Gasteiger partial charge in [0.15, 0.2) is 5.69 Å². The predicted molar refractivity (Wildman–Crippen MR) is 99.8 cm³/mol. The molecule has 1 aromatic heterocycles. The van der Waals surface area contributed by atoms with Gasteiger partial charge in [-0.05, 0) is 54.8 Å². The molecule has 2 N–H and O–H groups in total. The van der Waals surface area contributed by atoms with Crippen LogP contribution in [0.5, 0.6) is 0 Å². The molecule has 0 aliphatic rings. The fraction of sp³-hybridized carbons (Fsp3) is 0.150. The van der Waals surface area contributed by atoms with Gasteiger partial charge in [0, 0.05) is 12.2 Å². The smallest absolute Gasteiger partial charge is 0.276 e. The van der Waals surface area contributed by atoms with E-state index in [0.29, 0.717) is 30.0 Å². The molecule has 0 unspecified atom stereocenters. The molecule has 0 fully saturated rings.